The first-order valence-corrected chi connectivity index (χ1v) is 8.78. The normalized spacial score (nSPS) is 29.3. The largest absolute Gasteiger partial charge is 0.393 e. The summed E-state index contributed by atoms with van der Waals surface area (Å²) in [6.45, 7) is 2.05. The lowest BCUT2D eigenvalue weighted by molar-refractivity contribution is 0.180. The smallest absolute Gasteiger partial charge is 0.0560 e. The number of dihydropyridines is 1. The van der Waals surface area contributed by atoms with Crippen LogP contribution in [0.5, 0.6) is 0 Å². The highest BCUT2D eigenvalue weighted by molar-refractivity contribution is 5.95. The fraction of sp³-hybridized carbons (Fsp3) is 0.474. The fourth-order valence-corrected chi connectivity index (χ4v) is 3.89. The molecule has 2 heterocycles. The maximum Gasteiger partial charge on any atom is 0.0560 e. The van der Waals surface area contributed by atoms with Crippen molar-refractivity contribution >= 4 is 5.71 Å². The molecular formula is C19H24N4O. The average Bonchev–Trinajstić information content (AvgIpc) is 3.19. The summed E-state index contributed by atoms with van der Waals surface area (Å²) in [6.07, 6.45) is 13.0. The minimum absolute atomic E-state index is 0.149. The predicted molar refractivity (Wildman–Crippen MR) is 94.5 cm³/mol. The molecule has 1 aromatic heterocycles. The number of H-pyrrole nitrogens is 1. The van der Waals surface area contributed by atoms with Gasteiger partial charge in [0.25, 0.3) is 0 Å². The molecule has 0 radical (unpaired) electrons. The van der Waals surface area contributed by atoms with E-state index in [0.717, 1.165) is 49.2 Å². The molecule has 0 aromatic carbocycles. The van der Waals surface area contributed by atoms with Crippen molar-refractivity contribution in [2.45, 2.75) is 51.2 Å². The van der Waals surface area contributed by atoms with E-state index in [2.05, 4.69) is 40.7 Å². The molecule has 24 heavy (non-hydrogen) atoms. The Bertz CT molecular complexity index is 727. The van der Waals surface area contributed by atoms with Crippen LogP contribution in [0.1, 0.15) is 38.3 Å². The predicted octanol–water partition coefficient (Wildman–Crippen LogP) is 2.64. The molecule has 0 spiro atoms. The van der Waals surface area contributed by atoms with Gasteiger partial charge in [0, 0.05) is 41.7 Å². The van der Waals surface area contributed by atoms with E-state index in [1.807, 2.05) is 6.07 Å². The highest BCUT2D eigenvalue weighted by Crippen LogP contribution is 2.34. The number of aliphatic hydroxyl groups excluding tert-OH is 1. The second kappa shape index (κ2) is 6.40. The Morgan fingerprint density at radius 1 is 1.33 bits per heavy atom. The van der Waals surface area contributed by atoms with Crippen molar-refractivity contribution in [3.05, 3.63) is 53.2 Å². The maximum atomic E-state index is 9.76. The number of hydrogen-bond acceptors (Lipinski definition) is 4. The highest BCUT2D eigenvalue weighted by Gasteiger charge is 2.29. The summed E-state index contributed by atoms with van der Waals surface area (Å²) in [4.78, 5) is 4.77. The van der Waals surface area contributed by atoms with Gasteiger partial charge in [0.2, 0.25) is 0 Å². The molecule has 1 aromatic rings. The van der Waals surface area contributed by atoms with Gasteiger partial charge in [-0.2, -0.15) is 5.10 Å². The molecule has 2 aliphatic carbocycles. The van der Waals surface area contributed by atoms with E-state index >= 15 is 0 Å². The molecule has 0 amide bonds. The van der Waals surface area contributed by atoms with Gasteiger partial charge in [0.1, 0.15) is 0 Å². The number of fused-ring (bicyclic) bond motifs is 1. The fourth-order valence-electron chi connectivity index (χ4n) is 3.89. The van der Waals surface area contributed by atoms with Gasteiger partial charge in [0.15, 0.2) is 0 Å². The number of aromatic nitrogens is 2. The Kier molecular flexibility index (Phi) is 4.10. The van der Waals surface area contributed by atoms with Crippen LogP contribution in [0.15, 0.2) is 52.5 Å². The number of aromatic amines is 1. The van der Waals surface area contributed by atoms with Crippen LogP contribution in [-0.2, 0) is 6.42 Å². The number of aliphatic imine (C=N–C) groups is 1. The second-order valence-corrected chi connectivity index (χ2v) is 7.06. The van der Waals surface area contributed by atoms with Crippen LogP contribution in [0.3, 0.4) is 0 Å². The Morgan fingerprint density at radius 2 is 2.25 bits per heavy atom. The van der Waals surface area contributed by atoms with Crippen LogP contribution in [0.25, 0.3) is 0 Å². The first-order chi connectivity index (χ1) is 11.7. The van der Waals surface area contributed by atoms with Crippen LogP contribution >= 0.6 is 0 Å². The molecule has 3 N–H and O–H groups in total. The van der Waals surface area contributed by atoms with Crippen LogP contribution in [0, 0.1) is 5.92 Å². The molecule has 1 unspecified atom stereocenters. The Labute approximate surface area is 142 Å². The van der Waals surface area contributed by atoms with Gasteiger partial charge in [-0.3, -0.25) is 10.1 Å². The van der Waals surface area contributed by atoms with Crippen molar-refractivity contribution in [3.63, 3.8) is 0 Å². The maximum absolute atomic E-state index is 9.76. The number of nitrogens with zero attached hydrogens (tertiary/aromatic N) is 2. The summed E-state index contributed by atoms with van der Waals surface area (Å²) in [6, 6.07) is 2.40. The second-order valence-electron chi connectivity index (χ2n) is 7.06. The Hall–Kier alpha value is -2.14. The van der Waals surface area contributed by atoms with E-state index in [1.165, 1.54) is 11.3 Å². The van der Waals surface area contributed by atoms with Gasteiger partial charge in [-0.1, -0.05) is 6.08 Å². The lowest BCUT2D eigenvalue weighted by atomic mass is 9.86. The SMILES string of the molecule is CC1=NC2=CC(Cc3ccn[nH]3)=CCC2C(N[C@H]2CC[C@H](O)C2)=C1. The van der Waals surface area contributed by atoms with E-state index in [9.17, 15) is 5.11 Å². The monoisotopic (exact) mass is 324 g/mol. The molecule has 0 bridgehead atoms. The lowest BCUT2D eigenvalue weighted by Gasteiger charge is -2.30. The zero-order valence-corrected chi connectivity index (χ0v) is 14.0. The number of hydrogen-bond donors (Lipinski definition) is 3. The topological polar surface area (TPSA) is 73.3 Å². The molecule has 4 rings (SSSR count). The van der Waals surface area contributed by atoms with Crippen molar-refractivity contribution in [3.8, 4) is 0 Å². The number of aliphatic hydroxyl groups is 1. The van der Waals surface area contributed by atoms with E-state index < -0.39 is 0 Å². The third kappa shape index (κ3) is 3.22. The third-order valence-electron chi connectivity index (χ3n) is 5.08. The summed E-state index contributed by atoms with van der Waals surface area (Å²) >= 11 is 0. The van der Waals surface area contributed by atoms with Crippen LogP contribution in [0.4, 0.5) is 0 Å². The molecule has 1 saturated carbocycles. The molecular weight excluding hydrogens is 300 g/mol. The van der Waals surface area contributed by atoms with Crippen LogP contribution in [0.2, 0.25) is 0 Å². The molecule has 0 saturated heterocycles. The molecule has 126 valence electrons. The van der Waals surface area contributed by atoms with Crippen molar-refractivity contribution in [2.24, 2.45) is 10.9 Å². The summed E-state index contributed by atoms with van der Waals surface area (Å²) in [7, 11) is 0. The van der Waals surface area contributed by atoms with E-state index in [1.54, 1.807) is 6.20 Å². The number of allylic oxidation sites excluding steroid dienone is 4. The van der Waals surface area contributed by atoms with E-state index in [4.69, 9.17) is 4.99 Å². The third-order valence-corrected chi connectivity index (χ3v) is 5.08. The minimum Gasteiger partial charge on any atom is -0.393 e. The Balaban J connectivity index is 1.49. The zero-order chi connectivity index (χ0) is 16.5. The average molecular weight is 324 g/mol. The van der Waals surface area contributed by atoms with Crippen LogP contribution in [-0.4, -0.2) is 33.2 Å². The van der Waals surface area contributed by atoms with Gasteiger partial charge in [-0.25, -0.2) is 0 Å². The molecule has 3 atom stereocenters. The van der Waals surface area contributed by atoms with Gasteiger partial charge >= 0.3 is 0 Å². The van der Waals surface area contributed by atoms with Gasteiger partial charge in [-0.05, 0) is 56.4 Å². The van der Waals surface area contributed by atoms with Crippen molar-refractivity contribution in [1.29, 1.82) is 0 Å². The molecule has 5 nitrogen and oxygen atoms in total. The summed E-state index contributed by atoms with van der Waals surface area (Å²) in [5.41, 5.74) is 5.86. The molecule has 3 aliphatic rings. The van der Waals surface area contributed by atoms with Crippen molar-refractivity contribution < 1.29 is 5.11 Å². The number of nitrogens with one attached hydrogen (secondary N) is 2. The van der Waals surface area contributed by atoms with Crippen molar-refractivity contribution in [1.82, 2.24) is 15.5 Å². The summed E-state index contributed by atoms with van der Waals surface area (Å²) in [5.74, 6) is 0.317. The first-order valence-electron chi connectivity index (χ1n) is 8.78. The Morgan fingerprint density at radius 3 is 3.00 bits per heavy atom. The van der Waals surface area contributed by atoms with Crippen LogP contribution < -0.4 is 5.32 Å². The highest BCUT2D eigenvalue weighted by atomic mass is 16.3. The zero-order valence-electron chi connectivity index (χ0n) is 14.0. The van der Waals surface area contributed by atoms with Gasteiger partial charge in [-0.15, -0.1) is 0 Å². The van der Waals surface area contributed by atoms with Gasteiger partial charge in [0.05, 0.1) is 11.8 Å². The lowest BCUT2D eigenvalue weighted by Crippen LogP contribution is -2.33. The quantitative estimate of drug-likeness (QED) is 0.797. The standard InChI is InChI=1S/C19H24N4O/c1-12-8-18(22-14-3-4-16(24)11-14)17-5-2-13(10-19(17)21-12)9-15-6-7-20-23-15/h2,6-8,10,14,16-17,22,24H,3-5,9,11H2,1H3,(H,20,23)/t14-,16-,17?/m0/s1. The molecule has 1 aliphatic heterocycles. The van der Waals surface area contributed by atoms with Gasteiger partial charge < -0.3 is 10.4 Å². The van der Waals surface area contributed by atoms with E-state index in [-0.39, 0.29) is 6.10 Å². The molecule has 5 heteroatoms. The summed E-state index contributed by atoms with van der Waals surface area (Å²) < 4.78 is 0. The first kappa shape index (κ1) is 15.4. The van der Waals surface area contributed by atoms with Crippen molar-refractivity contribution in [2.75, 3.05) is 0 Å². The van der Waals surface area contributed by atoms with E-state index in [0.29, 0.717) is 12.0 Å². The minimum atomic E-state index is -0.149. The molecule has 1 fully saturated rings. The number of rotatable bonds is 4. The summed E-state index contributed by atoms with van der Waals surface area (Å²) in [5, 5.41) is 20.5.